The van der Waals surface area contributed by atoms with Gasteiger partial charge in [0.15, 0.2) is 0 Å². The molecule has 9 heteroatoms. The van der Waals surface area contributed by atoms with Crippen molar-refractivity contribution in [1.29, 1.82) is 0 Å². The Hall–Kier alpha value is -2.46. The second kappa shape index (κ2) is 9.78. The predicted molar refractivity (Wildman–Crippen MR) is 117 cm³/mol. The maximum Gasteiger partial charge on any atom is 0.251 e. The molecular weight excluding hydrogens is 418 g/mol. The van der Waals surface area contributed by atoms with E-state index in [2.05, 4.69) is 10.2 Å². The summed E-state index contributed by atoms with van der Waals surface area (Å²) < 4.78 is 37.7. The Labute approximate surface area is 182 Å². The first-order valence-electron chi connectivity index (χ1n) is 10.4. The number of morpholine rings is 2. The van der Waals surface area contributed by atoms with Crippen molar-refractivity contribution < 1.29 is 22.7 Å². The standard InChI is InChI=1S/C22H27N3O5S/c26-22(23-17-18-4-6-20(7-5-18)24-8-12-29-13-9-24)19-2-1-3-21(16-19)31(27,28)25-10-14-30-15-11-25/h1-7,16H,8-15,17H2,(H,23,26). The van der Waals surface area contributed by atoms with Crippen molar-refractivity contribution in [2.45, 2.75) is 11.4 Å². The van der Waals surface area contributed by atoms with Crippen LogP contribution in [-0.2, 0) is 26.0 Å². The van der Waals surface area contributed by atoms with Crippen molar-refractivity contribution in [3.63, 3.8) is 0 Å². The number of hydrogen-bond acceptors (Lipinski definition) is 6. The first-order valence-corrected chi connectivity index (χ1v) is 11.9. The molecule has 0 aliphatic carbocycles. The lowest BCUT2D eigenvalue weighted by atomic mass is 10.1. The lowest BCUT2D eigenvalue weighted by molar-refractivity contribution is 0.0730. The van der Waals surface area contributed by atoms with Crippen LogP contribution < -0.4 is 10.2 Å². The van der Waals surface area contributed by atoms with E-state index in [4.69, 9.17) is 9.47 Å². The summed E-state index contributed by atoms with van der Waals surface area (Å²) in [5.41, 5.74) is 2.43. The van der Waals surface area contributed by atoms with Crippen LogP contribution in [0.15, 0.2) is 53.4 Å². The van der Waals surface area contributed by atoms with E-state index < -0.39 is 10.0 Å². The van der Waals surface area contributed by atoms with E-state index in [1.165, 1.54) is 16.4 Å². The highest BCUT2D eigenvalue weighted by molar-refractivity contribution is 7.89. The molecule has 0 spiro atoms. The topological polar surface area (TPSA) is 88.2 Å². The summed E-state index contributed by atoms with van der Waals surface area (Å²) in [6, 6.07) is 14.2. The fourth-order valence-electron chi connectivity index (χ4n) is 3.66. The second-order valence-electron chi connectivity index (χ2n) is 7.49. The number of anilines is 1. The number of nitrogens with zero attached hydrogens (tertiary/aromatic N) is 2. The highest BCUT2D eigenvalue weighted by atomic mass is 32.2. The van der Waals surface area contributed by atoms with E-state index in [1.54, 1.807) is 12.1 Å². The summed E-state index contributed by atoms with van der Waals surface area (Å²) in [7, 11) is -3.64. The molecule has 2 fully saturated rings. The molecule has 0 aromatic heterocycles. The Morgan fingerprint density at radius 1 is 0.903 bits per heavy atom. The lowest BCUT2D eigenvalue weighted by Gasteiger charge is -2.28. The molecule has 2 heterocycles. The maximum atomic E-state index is 12.8. The van der Waals surface area contributed by atoms with E-state index in [0.29, 0.717) is 38.4 Å². The van der Waals surface area contributed by atoms with Crippen molar-refractivity contribution in [2.24, 2.45) is 0 Å². The highest BCUT2D eigenvalue weighted by Crippen LogP contribution is 2.19. The van der Waals surface area contributed by atoms with Gasteiger partial charge in [-0.1, -0.05) is 18.2 Å². The molecule has 0 unspecified atom stereocenters. The molecule has 0 atom stereocenters. The Bertz CT molecular complexity index is 998. The van der Waals surface area contributed by atoms with Crippen LogP contribution in [0.1, 0.15) is 15.9 Å². The minimum atomic E-state index is -3.64. The summed E-state index contributed by atoms with van der Waals surface area (Å²) >= 11 is 0. The average molecular weight is 446 g/mol. The summed E-state index contributed by atoms with van der Waals surface area (Å²) in [6.45, 7) is 4.98. The van der Waals surface area contributed by atoms with Gasteiger partial charge in [-0.05, 0) is 35.9 Å². The molecule has 1 N–H and O–H groups in total. The molecule has 2 saturated heterocycles. The zero-order valence-electron chi connectivity index (χ0n) is 17.3. The van der Waals surface area contributed by atoms with Crippen LogP contribution in [0.2, 0.25) is 0 Å². The first-order chi connectivity index (χ1) is 15.0. The summed E-state index contributed by atoms with van der Waals surface area (Å²) in [4.78, 5) is 15.0. The molecule has 8 nitrogen and oxygen atoms in total. The minimum Gasteiger partial charge on any atom is -0.379 e. The third kappa shape index (κ3) is 5.24. The van der Waals surface area contributed by atoms with Crippen LogP contribution in [0.3, 0.4) is 0 Å². The van der Waals surface area contributed by atoms with Crippen LogP contribution >= 0.6 is 0 Å². The molecule has 0 bridgehead atoms. The van der Waals surface area contributed by atoms with Crippen LogP contribution in [0.25, 0.3) is 0 Å². The van der Waals surface area contributed by atoms with Gasteiger partial charge in [0, 0.05) is 44.0 Å². The van der Waals surface area contributed by atoms with E-state index in [9.17, 15) is 13.2 Å². The zero-order valence-corrected chi connectivity index (χ0v) is 18.1. The van der Waals surface area contributed by atoms with Gasteiger partial charge in [-0.3, -0.25) is 4.79 Å². The van der Waals surface area contributed by atoms with Gasteiger partial charge in [0.05, 0.1) is 31.3 Å². The quantitative estimate of drug-likeness (QED) is 0.725. The van der Waals surface area contributed by atoms with Crippen molar-refractivity contribution >= 4 is 21.6 Å². The van der Waals surface area contributed by atoms with Crippen molar-refractivity contribution in [3.8, 4) is 0 Å². The van der Waals surface area contributed by atoms with Crippen molar-refractivity contribution in [1.82, 2.24) is 9.62 Å². The summed E-state index contributed by atoms with van der Waals surface area (Å²) in [6.07, 6.45) is 0. The number of sulfonamides is 1. The molecule has 1 amide bonds. The molecule has 2 aliphatic heterocycles. The van der Waals surface area contributed by atoms with Crippen LogP contribution in [0, 0.1) is 0 Å². The number of carbonyl (C=O) groups excluding carboxylic acids is 1. The minimum absolute atomic E-state index is 0.122. The molecule has 0 saturated carbocycles. The maximum absolute atomic E-state index is 12.8. The number of hydrogen-bond donors (Lipinski definition) is 1. The molecular formula is C22H27N3O5S. The second-order valence-corrected chi connectivity index (χ2v) is 9.43. The Balaban J connectivity index is 1.38. The van der Waals surface area contributed by atoms with Gasteiger partial charge in [-0.15, -0.1) is 0 Å². The van der Waals surface area contributed by atoms with Crippen LogP contribution in [-0.4, -0.2) is 71.2 Å². The first kappa shape index (κ1) is 21.8. The number of ether oxygens (including phenoxy) is 2. The van der Waals surface area contributed by atoms with E-state index in [1.807, 2.05) is 24.3 Å². The fourth-order valence-corrected chi connectivity index (χ4v) is 5.12. The van der Waals surface area contributed by atoms with E-state index in [0.717, 1.165) is 37.6 Å². The van der Waals surface area contributed by atoms with Gasteiger partial charge in [-0.25, -0.2) is 8.42 Å². The third-order valence-electron chi connectivity index (χ3n) is 5.47. The molecule has 2 aromatic carbocycles. The molecule has 4 rings (SSSR count). The van der Waals surface area contributed by atoms with Gasteiger partial charge in [0.2, 0.25) is 10.0 Å². The van der Waals surface area contributed by atoms with Gasteiger partial charge in [-0.2, -0.15) is 4.31 Å². The smallest absolute Gasteiger partial charge is 0.251 e. The van der Waals surface area contributed by atoms with E-state index in [-0.39, 0.29) is 10.8 Å². The Kier molecular flexibility index (Phi) is 6.86. The summed E-state index contributed by atoms with van der Waals surface area (Å²) in [5.74, 6) is -0.309. The van der Waals surface area contributed by atoms with Gasteiger partial charge >= 0.3 is 0 Å². The molecule has 31 heavy (non-hydrogen) atoms. The Morgan fingerprint density at radius 2 is 1.55 bits per heavy atom. The van der Waals surface area contributed by atoms with Gasteiger partial charge in [0.1, 0.15) is 0 Å². The zero-order chi connectivity index (χ0) is 21.7. The van der Waals surface area contributed by atoms with Crippen LogP contribution in [0.5, 0.6) is 0 Å². The van der Waals surface area contributed by atoms with Crippen molar-refractivity contribution in [3.05, 3.63) is 59.7 Å². The molecule has 2 aromatic rings. The monoisotopic (exact) mass is 445 g/mol. The normalized spacial score (nSPS) is 18.0. The van der Waals surface area contributed by atoms with Crippen LogP contribution in [0.4, 0.5) is 5.69 Å². The molecule has 2 aliphatic rings. The van der Waals surface area contributed by atoms with E-state index >= 15 is 0 Å². The number of benzene rings is 2. The number of carbonyl (C=O) groups is 1. The SMILES string of the molecule is O=C(NCc1ccc(N2CCOCC2)cc1)c1cccc(S(=O)(=O)N2CCOCC2)c1. The Morgan fingerprint density at radius 3 is 2.23 bits per heavy atom. The fraction of sp³-hybridized carbons (Fsp3) is 0.409. The number of rotatable bonds is 6. The third-order valence-corrected chi connectivity index (χ3v) is 7.36. The number of amides is 1. The molecule has 0 radical (unpaired) electrons. The largest absolute Gasteiger partial charge is 0.379 e. The lowest BCUT2D eigenvalue weighted by Crippen LogP contribution is -2.40. The van der Waals surface area contributed by atoms with Crippen molar-refractivity contribution in [2.75, 3.05) is 57.5 Å². The van der Waals surface area contributed by atoms with Gasteiger partial charge < -0.3 is 19.7 Å². The predicted octanol–water partition coefficient (Wildman–Crippen LogP) is 1.47. The van der Waals surface area contributed by atoms with Gasteiger partial charge in [0.25, 0.3) is 5.91 Å². The highest BCUT2D eigenvalue weighted by Gasteiger charge is 2.26. The number of nitrogens with one attached hydrogen (secondary N) is 1. The average Bonchev–Trinajstić information content (AvgIpc) is 2.84. The molecule has 166 valence electrons. The summed E-state index contributed by atoms with van der Waals surface area (Å²) in [5, 5.41) is 2.87.